The topological polar surface area (TPSA) is 195 Å². The number of sulfonamides is 1. The highest BCUT2D eigenvalue weighted by atomic mass is 35.5. The predicted molar refractivity (Wildman–Crippen MR) is 190 cm³/mol. The maximum absolute atomic E-state index is 14.4. The number of allylic oxidation sites excluding steroid dienone is 1. The molecule has 2 aromatic rings. The molecule has 4 amide bonds. The van der Waals surface area contributed by atoms with Gasteiger partial charge in [0.05, 0.1) is 29.9 Å². The van der Waals surface area contributed by atoms with Crippen LogP contribution in [0.4, 0.5) is 4.79 Å². The van der Waals surface area contributed by atoms with E-state index in [-0.39, 0.29) is 36.8 Å². The van der Waals surface area contributed by atoms with E-state index in [2.05, 4.69) is 25.3 Å². The van der Waals surface area contributed by atoms with Crippen molar-refractivity contribution in [1.29, 1.82) is 0 Å². The second kappa shape index (κ2) is 14.7. The number of methoxy groups -OCH3 is 1. The average Bonchev–Trinajstić information content (AvgIpc) is 3.99. The Hall–Kier alpha value is -4.18. The number of fused-ring (bicyclic) bond motifs is 3. The molecule has 6 rings (SSSR count). The minimum Gasteiger partial charge on any atom is -0.497 e. The molecule has 0 radical (unpaired) electrons. The van der Waals surface area contributed by atoms with E-state index in [0.29, 0.717) is 42.5 Å². The highest BCUT2D eigenvalue weighted by molar-refractivity contribution is 7.91. The molecule has 4 aliphatic rings. The second-order valence-electron chi connectivity index (χ2n) is 14.9. The first-order valence-electron chi connectivity index (χ1n) is 17.6. The van der Waals surface area contributed by atoms with E-state index in [4.69, 9.17) is 25.8 Å². The quantitative estimate of drug-likeness (QED) is 0.350. The summed E-state index contributed by atoms with van der Waals surface area (Å²) in [5, 5.41) is 4.88. The zero-order valence-electron chi connectivity index (χ0n) is 29.6. The number of hydrogen-bond acceptors (Lipinski definition) is 11. The van der Waals surface area contributed by atoms with Gasteiger partial charge in [-0.1, -0.05) is 36.6 Å². The molecule has 282 valence electrons. The fourth-order valence-electron chi connectivity index (χ4n) is 6.65. The van der Waals surface area contributed by atoms with Crippen LogP contribution in [0.3, 0.4) is 0 Å². The summed E-state index contributed by atoms with van der Waals surface area (Å²) < 4.78 is 44.7. The molecule has 0 spiro atoms. The Morgan fingerprint density at radius 2 is 1.85 bits per heavy atom. The highest BCUT2D eigenvalue weighted by Crippen LogP contribution is 2.46. The van der Waals surface area contributed by atoms with Crippen LogP contribution in [-0.2, 0) is 29.1 Å². The lowest BCUT2D eigenvalue weighted by molar-refractivity contribution is -0.141. The fourth-order valence-corrected chi connectivity index (χ4v) is 8.20. The molecule has 15 nitrogen and oxygen atoms in total. The molecular weight excluding hydrogens is 716 g/mol. The minimum atomic E-state index is -3.90. The molecule has 52 heavy (non-hydrogen) atoms. The summed E-state index contributed by atoms with van der Waals surface area (Å²) in [6, 6.07) is 2.90. The SMILES string of the molecule is COc1ccc2nc(Cl)c(O[C@@H]3C[C@H]4C(=O)N[C@]5(C(=O)NS(=O)(=O)C6CC6)C[C@H]5/C=C\CCCCC[C@H](NC(=O)OC(C)(C)C)C(=O)N4C3)nc2c1. The standard InChI is InChI=1S/C35H45ClN6O9S/c1-34(2,3)51-33(46)39-25-11-9-7-5-6-8-10-20-18-35(20,32(45)41-52(47,48)23-13-14-23)40-29(43)27-17-22(19-42(27)31(25)44)50-30-28(36)37-24-15-12-21(49-4)16-26(24)38-30/h8,10,12,15-16,20,22-23,25,27H,5-7,9,11,13-14,17-19H2,1-4H3,(H,39,46)(H,40,43)(H,41,45)/b10-8-/t20-,22-,25+,27+,35-/m1/s1. The van der Waals surface area contributed by atoms with E-state index in [1.165, 1.54) is 12.0 Å². The third-order valence-corrected chi connectivity index (χ3v) is 11.7. The first-order valence-corrected chi connectivity index (χ1v) is 19.5. The van der Waals surface area contributed by atoms with Crippen molar-refractivity contribution >= 4 is 56.5 Å². The summed E-state index contributed by atoms with van der Waals surface area (Å²) in [5.41, 5.74) is -1.39. The summed E-state index contributed by atoms with van der Waals surface area (Å²) >= 11 is 6.48. The van der Waals surface area contributed by atoms with Crippen molar-refractivity contribution in [2.45, 2.75) is 113 Å². The number of carbonyl (C=O) groups is 4. The predicted octanol–water partition coefficient (Wildman–Crippen LogP) is 3.54. The van der Waals surface area contributed by atoms with E-state index in [1.807, 2.05) is 12.2 Å². The van der Waals surface area contributed by atoms with Crippen LogP contribution in [0.5, 0.6) is 11.6 Å². The summed E-state index contributed by atoms with van der Waals surface area (Å²) in [5.74, 6) is -1.93. The lowest BCUT2D eigenvalue weighted by Gasteiger charge is -2.30. The van der Waals surface area contributed by atoms with Gasteiger partial charge in [-0.2, -0.15) is 0 Å². The van der Waals surface area contributed by atoms with E-state index in [0.717, 1.165) is 12.8 Å². The fraction of sp³-hybridized carbons (Fsp3) is 0.600. The van der Waals surface area contributed by atoms with Crippen LogP contribution in [0.1, 0.15) is 78.6 Å². The van der Waals surface area contributed by atoms with Crippen molar-refractivity contribution < 1.29 is 41.8 Å². The molecule has 3 heterocycles. The zero-order chi connectivity index (χ0) is 37.4. The van der Waals surface area contributed by atoms with Gasteiger partial charge in [0, 0.05) is 18.4 Å². The molecule has 0 unspecified atom stereocenters. The van der Waals surface area contributed by atoms with Gasteiger partial charge in [0.25, 0.3) is 11.8 Å². The van der Waals surface area contributed by atoms with Crippen LogP contribution >= 0.6 is 11.6 Å². The number of hydrogen-bond donors (Lipinski definition) is 3. The molecule has 0 bridgehead atoms. The van der Waals surface area contributed by atoms with Crippen LogP contribution < -0.4 is 24.8 Å². The van der Waals surface area contributed by atoms with Gasteiger partial charge in [0.15, 0.2) is 5.15 Å². The van der Waals surface area contributed by atoms with Crippen LogP contribution in [0.25, 0.3) is 11.0 Å². The van der Waals surface area contributed by atoms with Gasteiger partial charge < -0.3 is 29.7 Å². The van der Waals surface area contributed by atoms with Gasteiger partial charge in [0.1, 0.15) is 35.1 Å². The molecule has 2 aliphatic carbocycles. The number of rotatable bonds is 7. The van der Waals surface area contributed by atoms with Crippen molar-refractivity contribution in [1.82, 2.24) is 30.2 Å². The average molecular weight is 761 g/mol. The molecule has 5 atom stereocenters. The molecule has 2 saturated carbocycles. The number of halogens is 1. The van der Waals surface area contributed by atoms with Gasteiger partial charge in [-0.3, -0.25) is 19.1 Å². The molecule has 1 aromatic carbocycles. The number of ether oxygens (including phenoxy) is 3. The molecular formula is C35H45ClN6O9S. The Morgan fingerprint density at radius 3 is 2.56 bits per heavy atom. The van der Waals surface area contributed by atoms with Crippen LogP contribution in [0.2, 0.25) is 5.15 Å². The second-order valence-corrected chi connectivity index (χ2v) is 17.2. The molecule has 1 saturated heterocycles. The number of carbonyl (C=O) groups excluding carboxylic acids is 4. The van der Waals surface area contributed by atoms with Gasteiger partial charge >= 0.3 is 6.09 Å². The van der Waals surface area contributed by atoms with Crippen LogP contribution in [-0.4, -0.2) is 95.3 Å². The lowest BCUT2D eigenvalue weighted by atomic mass is 10.0. The summed E-state index contributed by atoms with van der Waals surface area (Å²) in [6.45, 7) is 5.05. The summed E-state index contributed by atoms with van der Waals surface area (Å²) in [6.07, 6.45) is 6.38. The normalized spacial score (nSPS) is 27.6. The Morgan fingerprint density at radius 1 is 1.08 bits per heavy atom. The Labute approximate surface area is 307 Å². The van der Waals surface area contributed by atoms with Crippen molar-refractivity contribution in [3.05, 3.63) is 35.5 Å². The van der Waals surface area contributed by atoms with Crippen molar-refractivity contribution in [3.63, 3.8) is 0 Å². The molecule has 2 aliphatic heterocycles. The van der Waals surface area contributed by atoms with Crippen LogP contribution in [0.15, 0.2) is 30.4 Å². The van der Waals surface area contributed by atoms with Gasteiger partial charge in [-0.15, -0.1) is 0 Å². The molecule has 1 aromatic heterocycles. The first-order chi connectivity index (χ1) is 24.6. The van der Waals surface area contributed by atoms with E-state index < -0.39 is 74.3 Å². The third-order valence-electron chi connectivity index (χ3n) is 9.61. The summed E-state index contributed by atoms with van der Waals surface area (Å²) in [7, 11) is -2.38. The molecule has 17 heteroatoms. The Bertz CT molecular complexity index is 1880. The monoisotopic (exact) mass is 760 g/mol. The maximum Gasteiger partial charge on any atom is 0.408 e. The van der Waals surface area contributed by atoms with Crippen molar-refractivity contribution in [3.8, 4) is 11.6 Å². The first kappa shape index (κ1) is 37.6. The van der Waals surface area contributed by atoms with Crippen molar-refractivity contribution in [2.75, 3.05) is 13.7 Å². The zero-order valence-corrected chi connectivity index (χ0v) is 31.2. The largest absolute Gasteiger partial charge is 0.497 e. The number of nitrogens with zero attached hydrogens (tertiary/aromatic N) is 3. The molecule has 3 N–H and O–H groups in total. The number of amides is 4. The van der Waals surface area contributed by atoms with Gasteiger partial charge in [-0.25, -0.2) is 23.2 Å². The Kier molecular flexibility index (Phi) is 10.6. The number of alkyl carbamates (subject to hydrolysis) is 1. The minimum absolute atomic E-state index is 0.0139. The maximum atomic E-state index is 14.4. The Balaban J connectivity index is 1.31. The molecule has 3 fully saturated rings. The van der Waals surface area contributed by atoms with E-state index >= 15 is 0 Å². The smallest absolute Gasteiger partial charge is 0.408 e. The number of aromatic nitrogens is 2. The van der Waals surface area contributed by atoms with Crippen molar-refractivity contribution in [2.24, 2.45) is 5.92 Å². The number of nitrogens with one attached hydrogen (secondary N) is 3. The van der Waals surface area contributed by atoms with E-state index in [9.17, 15) is 27.6 Å². The third kappa shape index (κ3) is 8.54. The highest BCUT2D eigenvalue weighted by Gasteiger charge is 2.62. The lowest BCUT2D eigenvalue weighted by Crippen LogP contribution is -2.58. The van der Waals surface area contributed by atoms with Gasteiger partial charge in [-0.05, 0) is 71.4 Å². The van der Waals surface area contributed by atoms with E-state index in [1.54, 1.807) is 39.0 Å². The van der Waals surface area contributed by atoms with Crippen LogP contribution in [0, 0.1) is 5.92 Å². The number of benzene rings is 1. The summed E-state index contributed by atoms with van der Waals surface area (Å²) in [4.78, 5) is 65.5. The van der Waals surface area contributed by atoms with Gasteiger partial charge in [0.2, 0.25) is 21.8 Å².